The van der Waals surface area contributed by atoms with Crippen molar-refractivity contribution in [2.45, 2.75) is 19.3 Å². The molecule has 2 aliphatic rings. The van der Waals surface area contributed by atoms with Crippen LogP contribution in [0.5, 0.6) is 0 Å². The summed E-state index contributed by atoms with van der Waals surface area (Å²) >= 11 is 0. The molecule has 0 radical (unpaired) electrons. The van der Waals surface area contributed by atoms with Gasteiger partial charge >= 0.3 is 0 Å². The second-order valence-corrected chi connectivity index (χ2v) is 6.14. The van der Waals surface area contributed by atoms with Gasteiger partial charge in [-0.2, -0.15) is 5.10 Å². The topological polar surface area (TPSA) is 52.2 Å². The minimum Gasteiger partial charge on any atom is -0.368 e. The van der Waals surface area contributed by atoms with Crippen LogP contribution in [0.1, 0.15) is 28.2 Å². The van der Waals surface area contributed by atoms with Gasteiger partial charge in [0.25, 0.3) is 5.91 Å². The van der Waals surface area contributed by atoms with Gasteiger partial charge in [0.05, 0.1) is 0 Å². The summed E-state index contributed by atoms with van der Waals surface area (Å²) in [5, 5.41) is 7.23. The fraction of sp³-hybridized carbons (Fsp3) is 0.412. The Kier molecular flexibility index (Phi) is 3.52. The van der Waals surface area contributed by atoms with Gasteiger partial charge in [-0.25, -0.2) is 4.39 Å². The molecule has 1 amide bonds. The first-order chi connectivity index (χ1) is 11.2. The molecule has 1 aliphatic heterocycles. The number of amides is 1. The lowest BCUT2D eigenvalue weighted by molar-refractivity contribution is 0.0739. The Hall–Kier alpha value is -2.37. The quantitative estimate of drug-likeness (QED) is 0.922. The number of aromatic nitrogens is 2. The first-order valence-corrected chi connectivity index (χ1v) is 8.08. The third-order valence-corrected chi connectivity index (χ3v) is 4.77. The smallest absolute Gasteiger partial charge is 0.274 e. The highest BCUT2D eigenvalue weighted by Crippen LogP contribution is 2.24. The fourth-order valence-corrected chi connectivity index (χ4v) is 3.47. The molecule has 0 unspecified atom stereocenters. The molecule has 1 aromatic heterocycles. The van der Waals surface area contributed by atoms with E-state index in [4.69, 9.17) is 0 Å². The van der Waals surface area contributed by atoms with Crippen molar-refractivity contribution >= 4 is 11.6 Å². The minimum absolute atomic E-state index is 0.0307. The number of aryl methyl sites for hydroxylation is 1. The summed E-state index contributed by atoms with van der Waals surface area (Å²) in [5.41, 5.74) is 3.83. The van der Waals surface area contributed by atoms with Gasteiger partial charge < -0.3 is 9.80 Å². The molecule has 0 saturated carbocycles. The second-order valence-electron chi connectivity index (χ2n) is 6.14. The van der Waals surface area contributed by atoms with E-state index in [1.807, 2.05) is 4.90 Å². The summed E-state index contributed by atoms with van der Waals surface area (Å²) < 4.78 is 13.0. The van der Waals surface area contributed by atoms with Crippen molar-refractivity contribution in [3.05, 3.63) is 47.0 Å². The van der Waals surface area contributed by atoms with E-state index >= 15 is 0 Å². The fourth-order valence-electron chi connectivity index (χ4n) is 3.47. The SMILES string of the molecule is O=C(c1n[nH]c2c1CCC2)N1CCN(c2ccc(F)cc2)CC1. The molecule has 1 N–H and O–H groups in total. The minimum atomic E-state index is -0.227. The van der Waals surface area contributed by atoms with Gasteiger partial charge in [0.15, 0.2) is 5.69 Å². The second kappa shape index (κ2) is 5.68. The molecule has 23 heavy (non-hydrogen) atoms. The van der Waals surface area contributed by atoms with Crippen LogP contribution >= 0.6 is 0 Å². The Bertz CT molecular complexity index is 717. The Balaban J connectivity index is 1.43. The molecule has 120 valence electrons. The van der Waals surface area contributed by atoms with Gasteiger partial charge in [0, 0.05) is 43.1 Å². The van der Waals surface area contributed by atoms with Crippen LogP contribution in [0.4, 0.5) is 10.1 Å². The van der Waals surface area contributed by atoms with Crippen molar-refractivity contribution in [3.63, 3.8) is 0 Å². The number of carbonyl (C=O) groups is 1. The highest BCUT2D eigenvalue weighted by atomic mass is 19.1. The molecule has 0 bridgehead atoms. The summed E-state index contributed by atoms with van der Waals surface area (Å²) in [4.78, 5) is 16.7. The average Bonchev–Trinajstić information content (AvgIpc) is 3.18. The van der Waals surface area contributed by atoms with E-state index < -0.39 is 0 Å². The van der Waals surface area contributed by atoms with Crippen LogP contribution in [-0.4, -0.2) is 47.2 Å². The molecule has 1 aliphatic carbocycles. The summed E-state index contributed by atoms with van der Waals surface area (Å²) in [5.74, 6) is -0.196. The molecule has 1 saturated heterocycles. The first kappa shape index (κ1) is 14.2. The van der Waals surface area contributed by atoms with E-state index in [0.717, 1.165) is 49.3 Å². The van der Waals surface area contributed by atoms with Crippen LogP contribution in [0.3, 0.4) is 0 Å². The number of aromatic amines is 1. The lowest BCUT2D eigenvalue weighted by Crippen LogP contribution is -2.49. The zero-order valence-corrected chi connectivity index (χ0v) is 12.9. The van der Waals surface area contributed by atoms with Crippen molar-refractivity contribution in [2.24, 2.45) is 0 Å². The van der Waals surface area contributed by atoms with E-state index in [0.29, 0.717) is 18.8 Å². The third-order valence-electron chi connectivity index (χ3n) is 4.77. The van der Waals surface area contributed by atoms with E-state index in [1.54, 1.807) is 12.1 Å². The van der Waals surface area contributed by atoms with Crippen molar-refractivity contribution < 1.29 is 9.18 Å². The van der Waals surface area contributed by atoms with Crippen molar-refractivity contribution in [1.82, 2.24) is 15.1 Å². The first-order valence-electron chi connectivity index (χ1n) is 8.08. The maximum atomic E-state index is 13.0. The number of nitrogens with zero attached hydrogens (tertiary/aromatic N) is 3. The predicted molar refractivity (Wildman–Crippen MR) is 85.1 cm³/mol. The van der Waals surface area contributed by atoms with Crippen LogP contribution < -0.4 is 4.90 Å². The summed E-state index contributed by atoms with van der Waals surface area (Å²) in [6.07, 6.45) is 3.04. The molecule has 6 heteroatoms. The van der Waals surface area contributed by atoms with Crippen LogP contribution in [0.25, 0.3) is 0 Å². The molecule has 5 nitrogen and oxygen atoms in total. The number of anilines is 1. The maximum absolute atomic E-state index is 13.0. The molecule has 1 fully saturated rings. The Morgan fingerprint density at radius 3 is 2.57 bits per heavy atom. The Morgan fingerprint density at radius 1 is 1.09 bits per heavy atom. The highest BCUT2D eigenvalue weighted by Gasteiger charge is 2.28. The zero-order valence-electron chi connectivity index (χ0n) is 12.9. The van der Waals surface area contributed by atoms with Crippen LogP contribution in [-0.2, 0) is 12.8 Å². The number of rotatable bonds is 2. The molecule has 4 rings (SSSR count). The highest BCUT2D eigenvalue weighted by molar-refractivity contribution is 5.94. The monoisotopic (exact) mass is 314 g/mol. The average molecular weight is 314 g/mol. The Labute approximate surface area is 134 Å². The molecule has 2 heterocycles. The van der Waals surface area contributed by atoms with Crippen molar-refractivity contribution in [2.75, 3.05) is 31.1 Å². The van der Waals surface area contributed by atoms with E-state index in [1.165, 1.54) is 12.1 Å². The van der Waals surface area contributed by atoms with Gasteiger partial charge in [-0.1, -0.05) is 0 Å². The molecular weight excluding hydrogens is 295 g/mol. The summed E-state index contributed by atoms with van der Waals surface area (Å²) in [6, 6.07) is 6.51. The lowest BCUT2D eigenvalue weighted by atomic mass is 10.1. The van der Waals surface area contributed by atoms with Crippen molar-refractivity contribution in [1.29, 1.82) is 0 Å². The van der Waals surface area contributed by atoms with Gasteiger partial charge in [0.1, 0.15) is 5.82 Å². The number of halogens is 1. The normalized spacial score (nSPS) is 17.4. The predicted octanol–water partition coefficient (Wildman–Crippen LogP) is 2.00. The number of nitrogens with one attached hydrogen (secondary N) is 1. The zero-order chi connectivity index (χ0) is 15.8. The molecule has 0 atom stereocenters. The number of carbonyl (C=O) groups excluding carboxylic acids is 1. The number of H-pyrrole nitrogens is 1. The standard InChI is InChI=1S/C17H19FN4O/c18-12-4-6-13(7-5-12)21-8-10-22(11-9-21)17(23)16-14-2-1-3-15(14)19-20-16/h4-7H,1-3,8-11H2,(H,19,20). The number of hydrogen-bond donors (Lipinski definition) is 1. The molecular formula is C17H19FN4O. The third kappa shape index (κ3) is 2.58. The van der Waals surface area contributed by atoms with Gasteiger partial charge in [-0.15, -0.1) is 0 Å². The number of hydrogen-bond acceptors (Lipinski definition) is 3. The largest absolute Gasteiger partial charge is 0.368 e. The number of benzene rings is 1. The molecule has 1 aromatic carbocycles. The van der Waals surface area contributed by atoms with Gasteiger partial charge in [-0.05, 0) is 43.5 Å². The van der Waals surface area contributed by atoms with E-state index in [-0.39, 0.29) is 11.7 Å². The molecule has 2 aromatic rings. The molecule has 0 spiro atoms. The summed E-state index contributed by atoms with van der Waals surface area (Å²) in [6.45, 7) is 2.84. The van der Waals surface area contributed by atoms with Gasteiger partial charge in [0.2, 0.25) is 0 Å². The maximum Gasteiger partial charge on any atom is 0.274 e. The van der Waals surface area contributed by atoms with Crippen molar-refractivity contribution in [3.8, 4) is 0 Å². The number of fused-ring (bicyclic) bond motifs is 1. The Morgan fingerprint density at radius 2 is 1.83 bits per heavy atom. The van der Waals surface area contributed by atoms with E-state index in [9.17, 15) is 9.18 Å². The van der Waals surface area contributed by atoms with Crippen LogP contribution in [0.15, 0.2) is 24.3 Å². The lowest BCUT2D eigenvalue weighted by Gasteiger charge is -2.36. The van der Waals surface area contributed by atoms with Crippen LogP contribution in [0, 0.1) is 5.82 Å². The van der Waals surface area contributed by atoms with Gasteiger partial charge in [-0.3, -0.25) is 9.89 Å². The van der Waals surface area contributed by atoms with E-state index in [2.05, 4.69) is 15.1 Å². The summed E-state index contributed by atoms with van der Waals surface area (Å²) in [7, 11) is 0. The van der Waals surface area contributed by atoms with Crippen LogP contribution in [0.2, 0.25) is 0 Å². The number of piperazine rings is 1.